The predicted molar refractivity (Wildman–Crippen MR) is 101 cm³/mol. The lowest BCUT2D eigenvalue weighted by Crippen LogP contribution is -2.46. The number of hydrogen-bond donors (Lipinski definition) is 0. The van der Waals surface area contributed by atoms with Gasteiger partial charge in [0, 0.05) is 43.9 Å². The average molecular weight is 366 g/mol. The second kappa shape index (κ2) is 7.98. The van der Waals surface area contributed by atoms with Gasteiger partial charge < -0.3 is 4.42 Å². The van der Waals surface area contributed by atoms with Crippen LogP contribution < -0.4 is 0 Å². The van der Waals surface area contributed by atoms with Gasteiger partial charge in [-0.15, -0.1) is 10.2 Å². The second-order valence-electron chi connectivity index (χ2n) is 6.89. The molecule has 0 unspecified atom stereocenters. The van der Waals surface area contributed by atoms with Crippen LogP contribution in [0.3, 0.4) is 0 Å². The van der Waals surface area contributed by atoms with Gasteiger partial charge >= 0.3 is 0 Å². The van der Waals surface area contributed by atoms with Crippen molar-refractivity contribution in [3.05, 3.63) is 71.9 Å². The van der Waals surface area contributed by atoms with Crippen LogP contribution in [0.15, 0.2) is 59.0 Å². The Kier molecular flexibility index (Phi) is 5.27. The molecular formula is C21H23FN4O. The van der Waals surface area contributed by atoms with Crippen LogP contribution in [-0.4, -0.2) is 46.2 Å². The molecule has 4 rings (SSSR count). The van der Waals surface area contributed by atoms with Gasteiger partial charge in [-0.1, -0.05) is 36.4 Å². The van der Waals surface area contributed by atoms with Crippen LogP contribution in [0.2, 0.25) is 0 Å². The van der Waals surface area contributed by atoms with Crippen molar-refractivity contribution in [2.75, 3.05) is 26.2 Å². The zero-order valence-electron chi connectivity index (χ0n) is 15.4. The molecular weight excluding hydrogens is 343 g/mol. The van der Waals surface area contributed by atoms with Crippen molar-refractivity contribution in [2.45, 2.75) is 19.5 Å². The molecule has 0 saturated carbocycles. The highest BCUT2D eigenvalue weighted by molar-refractivity contribution is 5.51. The quantitative estimate of drug-likeness (QED) is 0.688. The minimum atomic E-state index is -0.132. The third-order valence-corrected chi connectivity index (χ3v) is 5.13. The van der Waals surface area contributed by atoms with Gasteiger partial charge in [-0.05, 0) is 25.1 Å². The summed E-state index contributed by atoms with van der Waals surface area (Å²) in [5.74, 6) is 1.06. The van der Waals surface area contributed by atoms with Crippen LogP contribution in [0, 0.1) is 5.82 Å². The van der Waals surface area contributed by atoms with E-state index >= 15 is 0 Å². The molecule has 1 fully saturated rings. The Morgan fingerprint density at radius 1 is 0.963 bits per heavy atom. The zero-order valence-corrected chi connectivity index (χ0v) is 15.4. The summed E-state index contributed by atoms with van der Waals surface area (Å²) in [5, 5.41) is 8.43. The Balaban J connectivity index is 1.36. The lowest BCUT2D eigenvalue weighted by molar-refractivity contribution is 0.0870. The summed E-state index contributed by atoms with van der Waals surface area (Å²) in [6, 6.07) is 16.8. The van der Waals surface area contributed by atoms with Gasteiger partial charge in [0.1, 0.15) is 5.82 Å². The summed E-state index contributed by atoms with van der Waals surface area (Å²) in [7, 11) is 0. The van der Waals surface area contributed by atoms with E-state index in [2.05, 4.69) is 26.9 Å². The lowest BCUT2D eigenvalue weighted by Gasteiger charge is -2.36. The molecule has 2 heterocycles. The van der Waals surface area contributed by atoms with Crippen molar-refractivity contribution in [1.29, 1.82) is 0 Å². The molecule has 0 spiro atoms. The molecule has 0 aliphatic carbocycles. The van der Waals surface area contributed by atoms with Crippen LogP contribution in [0.4, 0.5) is 4.39 Å². The number of rotatable bonds is 5. The molecule has 0 bridgehead atoms. The number of aromatic nitrogens is 2. The van der Waals surface area contributed by atoms with Gasteiger partial charge in [0.15, 0.2) is 0 Å². The maximum absolute atomic E-state index is 13.8. The first-order valence-electron chi connectivity index (χ1n) is 9.29. The second-order valence-corrected chi connectivity index (χ2v) is 6.89. The summed E-state index contributed by atoms with van der Waals surface area (Å²) in [4.78, 5) is 4.62. The van der Waals surface area contributed by atoms with Crippen LogP contribution in [0.5, 0.6) is 0 Å². The average Bonchev–Trinajstić information content (AvgIpc) is 3.21. The Morgan fingerprint density at radius 3 is 2.41 bits per heavy atom. The van der Waals surface area contributed by atoms with Gasteiger partial charge in [0.05, 0.1) is 6.04 Å². The van der Waals surface area contributed by atoms with Crippen LogP contribution in [0.25, 0.3) is 11.5 Å². The summed E-state index contributed by atoms with van der Waals surface area (Å²) >= 11 is 0. The molecule has 1 aromatic heterocycles. The number of piperazine rings is 1. The Morgan fingerprint density at radius 2 is 1.67 bits per heavy atom. The molecule has 0 N–H and O–H groups in total. The van der Waals surface area contributed by atoms with Gasteiger partial charge in [0.25, 0.3) is 0 Å². The Labute approximate surface area is 158 Å². The molecule has 1 aliphatic rings. The van der Waals surface area contributed by atoms with E-state index in [1.54, 1.807) is 6.07 Å². The van der Waals surface area contributed by atoms with Crippen LogP contribution in [0.1, 0.15) is 24.4 Å². The number of benzene rings is 2. The van der Waals surface area contributed by atoms with Crippen molar-refractivity contribution < 1.29 is 8.81 Å². The summed E-state index contributed by atoms with van der Waals surface area (Å²) < 4.78 is 19.7. The van der Waals surface area contributed by atoms with E-state index < -0.39 is 0 Å². The van der Waals surface area contributed by atoms with E-state index in [4.69, 9.17) is 4.42 Å². The van der Waals surface area contributed by atoms with Crippen molar-refractivity contribution >= 4 is 0 Å². The van der Waals surface area contributed by atoms with E-state index in [1.165, 1.54) is 6.07 Å². The molecule has 1 atom stereocenters. The largest absolute Gasteiger partial charge is 0.419 e. The maximum Gasteiger partial charge on any atom is 0.247 e. The number of halogens is 1. The fourth-order valence-corrected chi connectivity index (χ4v) is 3.43. The maximum atomic E-state index is 13.8. The van der Waals surface area contributed by atoms with Crippen LogP contribution >= 0.6 is 0 Å². The van der Waals surface area contributed by atoms with E-state index in [-0.39, 0.29) is 11.9 Å². The summed E-state index contributed by atoms with van der Waals surface area (Å²) in [5.41, 5.74) is 1.68. The molecule has 1 aliphatic heterocycles. The van der Waals surface area contributed by atoms with Gasteiger partial charge in [-0.25, -0.2) is 4.39 Å². The number of hydrogen-bond acceptors (Lipinski definition) is 5. The van der Waals surface area contributed by atoms with Gasteiger partial charge in [-0.3, -0.25) is 9.80 Å². The summed E-state index contributed by atoms with van der Waals surface area (Å²) in [6.45, 7) is 6.29. The van der Waals surface area contributed by atoms with Crippen molar-refractivity contribution in [1.82, 2.24) is 20.0 Å². The number of nitrogens with zero attached hydrogens (tertiary/aromatic N) is 4. The van der Waals surface area contributed by atoms with Crippen molar-refractivity contribution in [2.24, 2.45) is 0 Å². The molecule has 140 valence electrons. The first kappa shape index (κ1) is 17.8. The molecule has 6 heteroatoms. The van der Waals surface area contributed by atoms with E-state index in [0.717, 1.165) is 37.3 Å². The normalized spacial score (nSPS) is 17.1. The Hall–Kier alpha value is -2.57. The van der Waals surface area contributed by atoms with Gasteiger partial charge in [-0.2, -0.15) is 0 Å². The molecule has 2 aromatic carbocycles. The highest BCUT2D eigenvalue weighted by atomic mass is 19.1. The minimum Gasteiger partial charge on any atom is -0.419 e. The third-order valence-electron chi connectivity index (χ3n) is 5.13. The van der Waals surface area contributed by atoms with Crippen molar-refractivity contribution in [3.63, 3.8) is 0 Å². The summed E-state index contributed by atoms with van der Waals surface area (Å²) in [6.07, 6.45) is 0. The molecule has 1 saturated heterocycles. The lowest BCUT2D eigenvalue weighted by atomic mass is 10.1. The molecule has 0 radical (unpaired) electrons. The standard InChI is InChI=1S/C21H23FN4O/c1-16(20-23-24-21(27-20)17-7-3-2-4-8-17)26-13-11-25(12-14-26)15-18-9-5-6-10-19(18)22/h2-10,16H,11-15H2,1H3/t16-/m1/s1. The monoisotopic (exact) mass is 366 g/mol. The molecule has 5 nitrogen and oxygen atoms in total. The fraction of sp³-hybridized carbons (Fsp3) is 0.333. The van der Waals surface area contributed by atoms with Crippen molar-refractivity contribution in [3.8, 4) is 11.5 Å². The predicted octanol–water partition coefficient (Wildman–Crippen LogP) is 3.75. The first-order chi connectivity index (χ1) is 13.2. The first-order valence-corrected chi connectivity index (χ1v) is 9.29. The third kappa shape index (κ3) is 4.07. The van der Waals surface area contributed by atoms with E-state index in [0.29, 0.717) is 18.3 Å². The van der Waals surface area contributed by atoms with Gasteiger partial charge in [0.2, 0.25) is 11.8 Å². The molecule has 27 heavy (non-hydrogen) atoms. The highest BCUT2D eigenvalue weighted by Crippen LogP contribution is 2.25. The molecule has 0 amide bonds. The van der Waals surface area contributed by atoms with E-state index in [9.17, 15) is 4.39 Å². The highest BCUT2D eigenvalue weighted by Gasteiger charge is 2.26. The Bertz CT molecular complexity index is 875. The topological polar surface area (TPSA) is 45.4 Å². The zero-order chi connectivity index (χ0) is 18.6. The SMILES string of the molecule is C[C@H](c1nnc(-c2ccccc2)o1)N1CCN(Cc2ccccc2F)CC1. The smallest absolute Gasteiger partial charge is 0.247 e. The fourth-order valence-electron chi connectivity index (χ4n) is 3.43. The van der Waals surface area contributed by atoms with E-state index in [1.807, 2.05) is 42.5 Å². The van der Waals surface area contributed by atoms with Crippen LogP contribution in [-0.2, 0) is 6.54 Å². The minimum absolute atomic E-state index is 0.0607. The molecule has 3 aromatic rings.